The van der Waals surface area contributed by atoms with E-state index in [-0.39, 0.29) is 5.60 Å². The van der Waals surface area contributed by atoms with Crippen molar-refractivity contribution in [1.29, 1.82) is 0 Å². The number of hydrogen-bond acceptors (Lipinski definition) is 4. The van der Waals surface area contributed by atoms with Gasteiger partial charge in [-0.15, -0.1) is 11.3 Å². The van der Waals surface area contributed by atoms with Gasteiger partial charge in [0.1, 0.15) is 0 Å². The zero-order valence-corrected chi connectivity index (χ0v) is 13.1. The lowest BCUT2D eigenvalue weighted by molar-refractivity contribution is -0.0548. The molecule has 2 atom stereocenters. The normalized spacial score (nSPS) is 16.5. The van der Waals surface area contributed by atoms with Crippen LogP contribution in [0.25, 0.3) is 0 Å². The predicted octanol–water partition coefficient (Wildman–Crippen LogP) is 3.18. The highest BCUT2D eigenvalue weighted by Gasteiger charge is 2.33. The van der Waals surface area contributed by atoms with E-state index in [4.69, 9.17) is 4.74 Å². The molecule has 0 aromatic carbocycles. The number of rotatable bonds is 8. The van der Waals surface area contributed by atoms with Crippen molar-refractivity contribution < 1.29 is 4.74 Å². The summed E-state index contributed by atoms with van der Waals surface area (Å²) in [5, 5.41) is 6.84. The lowest BCUT2D eigenvalue weighted by Crippen LogP contribution is -2.51. The number of nitrogens with zero attached hydrogens (tertiary/aromatic N) is 1. The third-order valence-electron chi connectivity index (χ3n) is 3.44. The number of aromatic nitrogens is 1. The number of hydrogen-bond donors (Lipinski definition) is 1. The van der Waals surface area contributed by atoms with Crippen LogP contribution < -0.4 is 5.32 Å². The van der Waals surface area contributed by atoms with Crippen LogP contribution in [0.1, 0.15) is 44.8 Å². The van der Waals surface area contributed by atoms with Crippen LogP contribution in [0.5, 0.6) is 0 Å². The molecule has 0 spiro atoms. The van der Waals surface area contributed by atoms with E-state index in [2.05, 4.69) is 50.3 Å². The molecule has 18 heavy (non-hydrogen) atoms. The standard InChI is InChI=1S/C14H26N2OS/c1-6-14(5,17-8-3)13(15-7-2)9-12-10-18-11(4)16-12/h10,13,15H,6-9H2,1-5H3. The van der Waals surface area contributed by atoms with Crippen LogP contribution in [0.2, 0.25) is 0 Å². The van der Waals surface area contributed by atoms with Crippen molar-refractivity contribution in [3.63, 3.8) is 0 Å². The first-order chi connectivity index (χ1) is 8.55. The van der Waals surface area contributed by atoms with E-state index in [1.807, 2.05) is 0 Å². The Morgan fingerprint density at radius 1 is 1.44 bits per heavy atom. The fraction of sp³-hybridized carbons (Fsp3) is 0.786. The molecule has 1 N–H and O–H groups in total. The van der Waals surface area contributed by atoms with Crippen molar-refractivity contribution in [1.82, 2.24) is 10.3 Å². The first-order valence-electron chi connectivity index (χ1n) is 6.84. The Morgan fingerprint density at radius 3 is 2.61 bits per heavy atom. The lowest BCUT2D eigenvalue weighted by Gasteiger charge is -2.37. The maximum Gasteiger partial charge on any atom is 0.0897 e. The topological polar surface area (TPSA) is 34.2 Å². The Labute approximate surface area is 115 Å². The van der Waals surface area contributed by atoms with Gasteiger partial charge in [0.25, 0.3) is 0 Å². The highest BCUT2D eigenvalue weighted by Crippen LogP contribution is 2.23. The highest BCUT2D eigenvalue weighted by atomic mass is 32.1. The van der Waals surface area contributed by atoms with E-state index in [0.29, 0.717) is 6.04 Å². The summed E-state index contributed by atoms with van der Waals surface area (Å²) in [6, 6.07) is 0.314. The summed E-state index contributed by atoms with van der Waals surface area (Å²) in [5.74, 6) is 0. The number of aryl methyl sites for hydroxylation is 1. The van der Waals surface area contributed by atoms with Crippen molar-refractivity contribution in [2.75, 3.05) is 13.2 Å². The Balaban J connectivity index is 2.80. The van der Waals surface area contributed by atoms with Gasteiger partial charge in [0.2, 0.25) is 0 Å². The molecular weight excluding hydrogens is 244 g/mol. The van der Waals surface area contributed by atoms with E-state index in [1.165, 1.54) is 5.69 Å². The Hall–Kier alpha value is -0.450. The lowest BCUT2D eigenvalue weighted by atomic mass is 9.89. The molecule has 0 bridgehead atoms. The van der Waals surface area contributed by atoms with E-state index < -0.39 is 0 Å². The summed E-state index contributed by atoms with van der Waals surface area (Å²) in [5.41, 5.74) is 1.05. The van der Waals surface area contributed by atoms with Gasteiger partial charge >= 0.3 is 0 Å². The molecule has 0 aliphatic carbocycles. The molecular formula is C14H26N2OS. The minimum absolute atomic E-state index is 0.123. The van der Waals surface area contributed by atoms with Crippen LogP contribution in [0.4, 0.5) is 0 Å². The second-order valence-corrected chi connectivity index (χ2v) is 5.83. The van der Waals surface area contributed by atoms with Gasteiger partial charge < -0.3 is 10.1 Å². The molecule has 1 heterocycles. The molecule has 3 nitrogen and oxygen atoms in total. The highest BCUT2D eigenvalue weighted by molar-refractivity contribution is 7.09. The minimum Gasteiger partial charge on any atom is -0.374 e. The largest absolute Gasteiger partial charge is 0.374 e. The van der Waals surface area contributed by atoms with E-state index >= 15 is 0 Å². The van der Waals surface area contributed by atoms with Crippen LogP contribution in [0, 0.1) is 6.92 Å². The Kier molecular flexibility index (Phi) is 6.26. The monoisotopic (exact) mass is 270 g/mol. The van der Waals surface area contributed by atoms with E-state index in [9.17, 15) is 0 Å². The van der Waals surface area contributed by atoms with Gasteiger partial charge in [0, 0.05) is 24.4 Å². The van der Waals surface area contributed by atoms with Gasteiger partial charge in [-0.2, -0.15) is 0 Å². The molecule has 0 aliphatic rings. The molecule has 2 unspecified atom stereocenters. The van der Waals surface area contributed by atoms with Crippen LogP contribution in [0.15, 0.2) is 5.38 Å². The molecule has 0 amide bonds. The number of ether oxygens (including phenoxy) is 1. The zero-order chi connectivity index (χ0) is 13.6. The van der Waals surface area contributed by atoms with Gasteiger partial charge in [-0.1, -0.05) is 13.8 Å². The van der Waals surface area contributed by atoms with Gasteiger partial charge in [0.15, 0.2) is 0 Å². The fourth-order valence-electron chi connectivity index (χ4n) is 2.24. The van der Waals surface area contributed by atoms with Gasteiger partial charge in [0.05, 0.1) is 16.3 Å². The van der Waals surface area contributed by atoms with Crippen molar-refractivity contribution in [3.8, 4) is 0 Å². The summed E-state index contributed by atoms with van der Waals surface area (Å²) >= 11 is 1.72. The SMILES string of the molecule is CCNC(Cc1csc(C)n1)C(C)(CC)OCC. The van der Waals surface area contributed by atoms with Crippen LogP contribution in [-0.2, 0) is 11.2 Å². The van der Waals surface area contributed by atoms with Crippen molar-refractivity contribution in [2.24, 2.45) is 0 Å². The van der Waals surface area contributed by atoms with Crippen LogP contribution >= 0.6 is 11.3 Å². The fourth-order valence-corrected chi connectivity index (χ4v) is 2.87. The predicted molar refractivity (Wildman–Crippen MR) is 78.3 cm³/mol. The first kappa shape index (κ1) is 15.6. The molecule has 1 rings (SSSR count). The van der Waals surface area contributed by atoms with Crippen LogP contribution in [-0.4, -0.2) is 29.8 Å². The maximum atomic E-state index is 5.99. The number of nitrogens with one attached hydrogen (secondary N) is 1. The van der Waals surface area contributed by atoms with Crippen LogP contribution in [0.3, 0.4) is 0 Å². The third kappa shape index (κ3) is 4.04. The first-order valence-corrected chi connectivity index (χ1v) is 7.72. The summed E-state index contributed by atoms with van der Waals surface area (Å²) < 4.78 is 5.99. The Bertz CT molecular complexity index is 353. The van der Waals surface area contributed by atoms with E-state index in [0.717, 1.165) is 31.0 Å². The van der Waals surface area contributed by atoms with Crippen molar-refractivity contribution >= 4 is 11.3 Å². The summed E-state index contributed by atoms with van der Waals surface area (Å²) in [7, 11) is 0. The molecule has 4 heteroatoms. The molecule has 0 radical (unpaired) electrons. The molecule has 1 aromatic heterocycles. The minimum atomic E-state index is -0.123. The van der Waals surface area contributed by atoms with Crippen molar-refractivity contribution in [2.45, 2.75) is 59.1 Å². The summed E-state index contributed by atoms with van der Waals surface area (Å²) in [4.78, 5) is 4.56. The maximum absolute atomic E-state index is 5.99. The number of likely N-dealkylation sites (N-methyl/N-ethyl adjacent to an activating group) is 1. The average molecular weight is 270 g/mol. The van der Waals surface area contributed by atoms with Gasteiger partial charge in [-0.05, 0) is 33.7 Å². The Morgan fingerprint density at radius 2 is 2.17 bits per heavy atom. The number of thiazole rings is 1. The molecule has 1 aromatic rings. The summed E-state index contributed by atoms with van der Waals surface area (Å²) in [6.07, 6.45) is 1.93. The molecule has 104 valence electrons. The second-order valence-electron chi connectivity index (χ2n) is 4.77. The smallest absolute Gasteiger partial charge is 0.0897 e. The zero-order valence-electron chi connectivity index (χ0n) is 12.2. The third-order valence-corrected chi connectivity index (χ3v) is 4.27. The second kappa shape index (κ2) is 7.22. The molecule has 0 aliphatic heterocycles. The van der Waals surface area contributed by atoms with E-state index in [1.54, 1.807) is 11.3 Å². The van der Waals surface area contributed by atoms with Crippen molar-refractivity contribution in [3.05, 3.63) is 16.1 Å². The molecule has 0 fully saturated rings. The average Bonchev–Trinajstić information content (AvgIpc) is 2.74. The summed E-state index contributed by atoms with van der Waals surface area (Å²) in [6.45, 7) is 12.3. The van der Waals surface area contributed by atoms with Gasteiger partial charge in [-0.3, -0.25) is 0 Å². The quantitative estimate of drug-likeness (QED) is 0.788. The molecule has 0 saturated heterocycles. The molecule has 0 saturated carbocycles. The van der Waals surface area contributed by atoms with Gasteiger partial charge in [-0.25, -0.2) is 4.98 Å².